The van der Waals surface area contributed by atoms with E-state index in [2.05, 4.69) is 4.52 Å². The molecule has 0 aliphatic rings. The van der Waals surface area contributed by atoms with Crippen LogP contribution in [0.5, 0.6) is 0 Å². The second kappa shape index (κ2) is 4.94. The van der Waals surface area contributed by atoms with E-state index in [0.29, 0.717) is 5.58 Å². The quantitative estimate of drug-likeness (QED) is 0.684. The maximum Gasteiger partial charge on any atom is 0.695 e. The first-order chi connectivity index (χ1) is 8.08. The molecule has 1 aromatic carbocycles. The molecule has 0 aliphatic carbocycles. The van der Waals surface area contributed by atoms with Gasteiger partial charge in [-0.25, -0.2) is 0 Å². The summed E-state index contributed by atoms with van der Waals surface area (Å²) in [5.41, 5.74) is 0.804. The number of Topliss-reactive ketones (excluding diaryl/α,β-unsaturated/α-hetero) is 1. The molecule has 2 rings (SSSR count). The maximum absolute atomic E-state index is 11.7. The lowest BCUT2D eigenvalue weighted by Gasteiger charge is -2.00. The number of carbonyl (C=O) groups excluding carboxylic acids is 1. The van der Waals surface area contributed by atoms with Gasteiger partial charge in [0.1, 0.15) is 5.58 Å². The van der Waals surface area contributed by atoms with E-state index in [-0.39, 0.29) is 10.6 Å². The van der Waals surface area contributed by atoms with Crippen LogP contribution in [0.3, 0.4) is 0 Å². The first kappa shape index (κ1) is 12.2. The molecule has 0 radical (unpaired) electrons. The van der Waals surface area contributed by atoms with E-state index in [9.17, 15) is 9.36 Å². The Labute approximate surface area is 102 Å². The summed E-state index contributed by atoms with van der Waals surface area (Å²) in [5, 5.41) is 0.945. The van der Waals surface area contributed by atoms with E-state index in [1.54, 1.807) is 12.1 Å². The van der Waals surface area contributed by atoms with Crippen molar-refractivity contribution in [1.82, 2.24) is 0 Å². The van der Waals surface area contributed by atoms with E-state index < -0.39 is 20.6 Å². The first-order valence-electron chi connectivity index (χ1n) is 4.57. The predicted molar refractivity (Wildman–Crippen MR) is 61.3 cm³/mol. The predicted octanol–water partition coefficient (Wildman–Crippen LogP) is 2.94. The van der Waals surface area contributed by atoms with E-state index in [1.165, 1.54) is 12.3 Å². The van der Waals surface area contributed by atoms with Gasteiger partial charge in [0.15, 0.2) is 12.4 Å². The van der Waals surface area contributed by atoms with Gasteiger partial charge in [-0.2, -0.15) is 0 Å². The zero-order valence-electron chi connectivity index (χ0n) is 8.42. The number of furan rings is 1. The molecule has 2 aromatic rings. The number of hydrogen-bond donors (Lipinski definition) is 1. The standard InChI is InChI=1S/C10H6ClO5P/c11-8-4-10-6(1-2-15-10)3-7(8)9(12)5-16-17(13)14/h1-4H,5H2/p+1. The Morgan fingerprint density at radius 1 is 1.53 bits per heavy atom. The lowest BCUT2D eigenvalue weighted by atomic mass is 10.1. The van der Waals surface area contributed by atoms with Crippen LogP contribution in [-0.4, -0.2) is 17.3 Å². The summed E-state index contributed by atoms with van der Waals surface area (Å²) in [4.78, 5) is 20.1. The zero-order valence-corrected chi connectivity index (χ0v) is 10.1. The minimum absolute atomic E-state index is 0.217. The van der Waals surface area contributed by atoms with Crippen LogP contribution < -0.4 is 0 Å². The van der Waals surface area contributed by atoms with Crippen LogP contribution in [-0.2, 0) is 9.09 Å². The Morgan fingerprint density at radius 2 is 2.29 bits per heavy atom. The molecule has 5 nitrogen and oxygen atoms in total. The Hall–Kier alpha value is -1.26. The van der Waals surface area contributed by atoms with E-state index in [4.69, 9.17) is 20.9 Å². The van der Waals surface area contributed by atoms with Crippen molar-refractivity contribution in [3.8, 4) is 0 Å². The molecule has 1 atom stereocenters. The molecule has 7 heteroatoms. The number of benzene rings is 1. The van der Waals surface area contributed by atoms with Crippen molar-refractivity contribution in [3.05, 3.63) is 35.0 Å². The minimum atomic E-state index is -2.79. The Balaban J connectivity index is 2.30. The normalized spacial score (nSPS) is 11.8. The highest BCUT2D eigenvalue weighted by molar-refractivity contribution is 7.32. The van der Waals surface area contributed by atoms with Gasteiger partial charge in [0.2, 0.25) is 0 Å². The minimum Gasteiger partial charge on any atom is -0.464 e. The fraction of sp³-hybridized carbons (Fsp3) is 0.100. The topological polar surface area (TPSA) is 76.7 Å². The van der Waals surface area contributed by atoms with Crippen molar-refractivity contribution < 1.29 is 23.2 Å². The molecule has 0 saturated carbocycles. The number of halogens is 1. The first-order valence-corrected chi connectivity index (χ1v) is 6.08. The van der Waals surface area contributed by atoms with Crippen LogP contribution in [0, 0.1) is 0 Å². The molecule has 88 valence electrons. The highest BCUT2D eigenvalue weighted by Gasteiger charge is 2.19. The van der Waals surface area contributed by atoms with Crippen LogP contribution in [0.25, 0.3) is 11.0 Å². The van der Waals surface area contributed by atoms with Gasteiger partial charge < -0.3 is 4.42 Å². The van der Waals surface area contributed by atoms with E-state index >= 15 is 0 Å². The van der Waals surface area contributed by atoms with Crippen molar-refractivity contribution in [3.63, 3.8) is 0 Å². The van der Waals surface area contributed by atoms with Crippen LogP contribution in [0.2, 0.25) is 5.02 Å². The van der Waals surface area contributed by atoms with Gasteiger partial charge in [0, 0.05) is 21.6 Å². The zero-order chi connectivity index (χ0) is 12.4. The second-order valence-corrected chi connectivity index (χ2v) is 4.37. The molecule has 1 heterocycles. The fourth-order valence-corrected chi connectivity index (χ4v) is 1.88. The van der Waals surface area contributed by atoms with Crippen molar-refractivity contribution in [2.75, 3.05) is 6.61 Å². The lowest BCUT2D eigenvalue weighted by molar-refractivity contribution is 0.0917. The molecule has 0 aliphatic heterocycles. The number of ketones is 1. The van der Waals surface area contributed by atoms with Crippen molar-refractivity contribution in [2.45, 2.75) is 0 Å². The van der Waals surface area contributed by atoms with Gasteiger partial charge in [-0.05, 0) is 12.1 Å². The summed E-state index contributed by atoms with van der Waals surface area (Å²) in [6.45, 7) is -0.491. The van der Waals surface area contributed by atoms with Gasteiger partial charge >= 0.3 is 8.25 Å². The Morgan fingerprint density at radius 3 is 3.00 bits per heavy atom. The number of fused-ring (bicyclic) bond motifs is 1. The molecule has 0 spiro atoms. The Kier molecular flexibility index (Phi) is 3.54. The maximum atomic E-state index is 11.7. The Bertz CT molecular complexity index is 591. The van der Waals surface area contributed by atoms with Gasteiger partial charge in [0.05, 0.1) is 11.3 Å². The number of hydrogen-bond acceptors (Lipinski definition) is 4. The molecular weight excluding hydrogens is 267 g/mol. The SMILES string of the molecule is O=C(CO[P+](=O)O)c1cc2ccoc2cc1Cl. The summed E-state index contributed by atoms with van der Waals surface area (Å²) in [6, 6.07) is 4.76. The molecule has 0 fully saturated rings. The van der Waals surface area contributed by atoms with E-state index in [0.717, 1.165) is 5.39 Å². The number of rotatable bonds is 4. The van der Waals surface area contributed by atoms with Crippen molar-refractivity contribution >= 4 is 36.6 Å². The third-order valence-corrected chi connectivity index (χ3v) is 2.81. The summed E-state index contributed by atoms with van der Waals surface area (Å²) in [7, 11) is -2.79. The highest BCUT2D eigenvalue weighted by atomic mass is 35.5. The van der Waals surface area contributed by atoms with E-state index in [1.807, 2.05) is 0 Å². The van der Waals surface area contributed by atoms with Gasteiger partial charge in [-0.15, -0.1) is 9.42 Å². The average Bonchev–Trinajstić information content (AvgIpc) is 2.71. The van der Waals surface area contributed by atoms with Crippen LogP contribution >= 0.6 is 19.9 Å². The van der Waals surface area contributed by atoms with Gasteiger partial charge in [0.25, 0.3) is 0 Å². The van der Waals surface area contributed by atoms with Gasteiger partial charge in [-0.1, -0.05) is 11.6 Å². The van der Waals surface area contributed by atoms with Crippen LogP contribution in [0.1, 0.15) is 10.4 Å². The molecule has 17 heavy (non-hydrogen) atoms. The molecule has 1 N–H and O–H groups in total. The summed E-state index contributed by atoms with van der Waals surface area (Å²) in [5.74, 6) is -0.462. The average molecular weight is 274 g/mol. The third kappa shape index (κ3) is 2.70. The van der Waals surface area contributed by atoms with Crippen LogP contribution in [0.15, 0.2) is 28.9 Å². The second-order valence-electron chi connectivity index (χ2n) is 3.22. The largest absolute Gasteiger partial charge is 0.695 e. The van der Waals surface area contributed by atoms with Crippen molar-refractivity contribution in [2.24, 2.45) is 0 Å². The molecule has 1 unspecified atom stereocenters. The molecule has 1 aromatic heterocycles. The summed E-state index contributed by atoms with van der Waals surface area (Å²) >= 11 is 5.90. The highest BCUT2D eigenvalue weighted by Crippen LogP contribution is 2.26. The molecular formula is C10H7ClO5P+. The molecule has 0 bridgehead atoms. The lowest BCUT2D eigenvalue weighted by Crippen LogP contribution is -2.06. The molecule has 0 saturated heterocycles. The fourth-order valence-electron chi connectivity index (χ4n) is 1.39. The smallest absolute Gasteiger partial charge is 0.464 e. The van der Waals surface area contributed by atoms with Crippen molar-refractivity contribution in [1.29, 1.82) is 0 Å². The van der Waals surface area contributed by atoms with Gasteiger partial charge in [-0.3, -0.25) is 4.79 Å². The summed E-state index contributed by atoms with van der Waals surface area (Å²) < 4.78 is 19.8. The monoisotopic (exact) mass is 273 g/mol. The third-order valence-electron chi connectivity index (χ3n) is 2.15. The molecule has 0 amide bonds. The summed E-state index contributed by atoms with van der Waals surface area (Å²) in [6.07, 6.45) is 1.48. The van der Waals surface area contributed by atoms with Crippen LogP contribution in [0.4, 0.5) is 0 Å². The number of carbonyl (C=O) groups is 1.